The standard InChI is InChI=1S/C53H68N14O5/c1-63(2)53-51(68-3)52(60-35-61-53)62-36-7-11-41(12-8-36)71-46-31-40(29-44-50(46)57-18-16-55-44)66-23-26-70-48(33-66)67(47-27-37(58-34-59-47)32-64-19-5-4-6-20-64)38-9-13-42(14-10-38)72-45-30-39(65-21-24-69-25-22-65)28-43-49(45)56-17-15-54-43/h15-18,27-31,34-36,38,41-42,48H,4-14,19-26,32-33H2,1-3H3,(H,60,61,62). The van der Waals surface area contributed by atoms with Gasteiger partial charge in [0, 0.05) is 107 Å². The van der Waals surface area contributed by atoms with Crippen LogP contribution in [0.25, 0.3) is 22.1 Å². The van der Waals surface area contributed by atoms with Crippen molar-refractivity contribution in [2.24, 2.45) is 0 Å². The largest absolute Gasteiger partial charge is 0.490 e. The second-order valence-corrected chi connectivity index (χ2v) is 20.0. The molecular formula is C53H68N14O5. The maximum Gasteiger partial charge on any atom is 0.204 e. The fourth-order valence-electron chi connectivity index (χ4n) is 11.3. The first-order chi connectivity index (χ1) is 35.4. The van der Waals surface area contributed by atoms with Crippen molar-refractivity contribution in [3.63, 3.8) is 0 Å². The highest BCUT2D eigenvalue weighted by Crippen LogP contribution is 2.39. The zero-order valence-corrected chi connectivity index (χ0v) is 41.9. The van der Waals surface area contributed by atoms with Crippen LogP contribution in [-0.4, -0.2) is 156 Å². The van der Waals surface area contributed by atoms with E-state index in [9.17, 15) is 0 Å². The number of likely N-dealkylation sites (tertiary alicyclic amines) is 1. The third-order valence-electron chi connectivity index (χ3n) is 15.0. The Labute approximate surface area is 421 Å². The van der Waals surface area contributed by atoms with Crippen molar-refractivity contribution in [2.75, 3.05) is 105 Å². The lowest BCUT2D eigenvalue weighted by Gasteiger charge is -2.46. The highest BCUT2D eigenvalue weighted by molar-refractivity contribution is 5.86. The number of fused-ring (bicyclic) bond motifs is 2. The molecule has 3 saturated heterocycles. The molecule has 1 unspecified atom stereocenters. The average Bonchev–Trinajstić information content (AvgIpc) is 3.42. The fraction of sp³-hybridized carbons (Fsp3) is 0.547. The number of anilines is 5. The van der Waals surface area contributed by atoms with Gasteiger partial charge in [0.15, 0.2) is 11.6 Å². The summed E-state index contributed by atoms with van der Waals surface area (Å²) in [6.45, 7) is 8.00. The van der Waals surface area contributed by atoms with Crippen LogP contribution in [0.4, 0.5) is 28.8 Å². The third kappa shape index (κ3) is 10.8. The maximum absolute atomic E-state index is 6.92. The molecule has 1 atom stereocenters. The van der Waals surface area contributed by atoms with E-state index >= 15 is 0 Å². The Hall–Kier alpha value is -6.44. The van der Waals surface area contributed by atoms with Gasteiger partial charge in [0.25, 0.3) is 0 Å². The van der Waals surface area contributed by atoms with Gasteiger partial charge in [-0.2, -0.15) is 0 Å². The number of ether oxygens (including phenoxy) is 5. The molecule has 5 fully saturated rings. The molecular weight excluding hydrogens is 913 g/mol. The summed E-state index contributed by atoms with van der Waals surface area (Å²) in [4.78, 5) is 49.4. The number of aromatic nitrogens is 8. The summed E-state index contributed by atoms with van der Waals surface area (Å²) in [5.74, 6) is 4.55. The van der Waals surface area contributed by atoms with Crippen LogP contribution < -0.4 is 39.1 Å². The van der Waals surface area contributed by atoms with Crippen molar-refractivity contribution < 1.29 is 23.7 Å². The first-order valence-corrected chi connectivity index (χ1v) is 26.1. The number of benzene rings is 2. The predicted octanol–water partition coefficient (Wildman–Crippen LogP) is 6.91. The average molecular weight is 981 g/mol. The Bertz CT molecular complexity index is 2760. The molecule has 5 aliphatic rings. The minimum absolute atomic E-state index is 0.0254. The summed E-state index contributed by atoms with van der Waals surface area (Å²) in [6, 6.07) is 11.2. The summed E-state index contributed by atoms with van der Waals surface area (Å²) in [6.07, 6.45) is 21.0. The van der Waals surface area contributed by atoms with Gasteiger partial charge in [-0.05, 0) is 89.4 Å². The predicted molar refractivity (Wildman–Crippen MR) is 278 cm³/mol. The van der Waals surface area contributed by atoms with Crippen LogP contribution >= 0.6 is 0 Å². The molecule has 19 nitrogen and oxygen atoms in total. The Balaban J connectivity index is 0.812. The van der Waals surface area contributed by atoms with Gasteiger partial charge in [0.2, 0.25) is 5.75 Å². The molecule has 2 saturated carbocycles. The van der Waals surface area contributed by atoms with E-state index in [1.54, 1.807) is 44.6 Å². The zero-order chi connectivity index (χ0) is 48.8. The van der Waals surface area contributed by atoms with Gasteiger partial charge in [-0.25, -0.2) is 29.9 Å². The number of hydrogen-bond donors (Lipinski definition) is 1. The van der Waals surface area contributed by atoms with E-state index in [4.69, 9.17) is 48.6 Å². The molecule has 3 aliphatic heterocycles. The second-order valence-electron chi connectivity index (χ2n) is 20.0. The van der Waals surface area contributed by atoms with Crippen molar-refractivity contribution in [3.05, 3.63) is 73.5 Å². The Morgan fingerprint density at radius 2 is 1.26 bits per heavy atom. The molecule has 380 valence electrons. The number of methoxy groups -OCH3 is 1. The molecule has 0 spiro atoms. The van der Waals surface area contributed by atoms with E-state index in [0.717, 1.165) is 153 Å². The Kier molecular flexibility index (Phi) is 14.7. The molecule has 1 N–H and O–H groups in total. The summed E-state index contributed by atoms with van der Waals surface area (Å²) in [5.41, 5.74) is 6.38. The molecule has 0 amide bonds. The minimum atomic E-state index is -0.268. The molecule has 6 aromatic rings. The Morgan fingerprint density at radius 3 is 1.93 bits per heavy atom. The fourth-order valence-corrected chi connectivity index (χ4v) is 11.3. The molecule has 0 bridgehead atoms. The van der Waals surface area contributed by atoms with E-state index in [0.29, 0.717) is 37.9 Å². The van der Waals surface area contributed by atoms with Crippen LogP contribution in [-0.2, 0) is 16.0 Å². The number of rotatable bonds is 15. The van der Waals surface area contributed by atoms with Gasteiger partial charge < -0.3 is 48.6 Å². The van der Waals surface area contributed by atoms with Crippen LogP contribution in [0.2, 0.25) is 0 Å². The lowest BCUT2D eigenvalue weighted by molar-refractivity contribution is 0.0263. The Morgan fingerprint density at radius 1 is 0.639 bits per heavy atom. The van der Waals surface area contributed by atoms with Gasteiger partial charge in [0.05, 0.1) is 62.4 Å². The van der Waals surface area contributed by atoms with E-state index in [-0.39, 0.29) is 30.5 Å². The monoisotopic (exact) mass is 981 g/mol. The van der Waals surface area contributed by atoms with Gasteiger partial charge in [-0.15, -0.1) is 0 Å². The van der Waals surface area contributed by atoms with E-state index in [2.05, 4.69) is 70.2 Å². The summed E-state index contributed by atoms with van der Waals surface area (Å²) in [5, 5.41) is 3.63. The van der Waals surface area contributed by atoms with E-state index in [1.807, 2.05) is 19.0 Å². The molecule has 19 heteroatoms. The number of hydrogen-bond acceptors (Lipinski definition) is 19. The molecule has 11 rings (SSSR count). The van der Waals surface area contributed by atoms with Crippen LogP contribution in [0.1, 0.15) is 76.3 Å². The topological polar surface area (TPSA) is 178 Å². The lowest BCUT2D eigenvalue weighted by Crippen LogP contribution is -2.56. The first-order valence-electron chi connectivity index (χ1n) is 26.1. The van der Waals surface area contributed by atoms with Crippen molar-refractivity contribution in [3.8, 4) is 17.2 Å². The van der Waals surface area contributed by atoms with Crippen molar-refractivity contribution >= 4 is 50.9 Å². The number of piperidine rings is 1. The summed E-state index contributed by atoms with van der Waals surface area (Å²) >= 11 is 0. The van der Waals surface area contributed by atoms with Crippen molar-refractivity contribution in [1.82, 2.24) is 44.8 Å². The highest BCUT2D eigenvalue weighted by Gasteiger charge is 2.37. The minimum Gasteiger partial charge on any atom is -0.490 e. The number of nitrogens with one attached hydrogen (secondary N) is 1. The number of morpholine rings is 2. The normalized spacial score (nSPS) is 23.2. The summed E-state index contributed by atoms with van der Waals surface area (Å²) < 4.78 is 32.1. The zero-order valence-electron chi connectivity index (χ0n) is 41.9. The van der Waals surface area contributed by atoms with Crippen LogP contribution in [0.15, 0.2) is 67.8 Å². The van der Waals surface area contributed by atoms with Gasteiger partial charge in [0.1, 0.15) is 47.2 Å². The lowest BCUT2D eigenvalue weighted by atomic mass is 9.91. The maximum atomic E-state index is 6.92. The molecule has 7 heterocycles. The van der Waals surface area contributed by atoms with Crippen molar-refractivity contribution in [1.29, 1.82) is 0 Å². The third-order valence-corrected chi connectivity index (χ3v) is 15.0. The quantitative estimate of drug-likeness (QED) is 0.112. The van der Waals surface area contributed by atoms with Crippen LogP contribution in [0.3, 0.4) is 0 Å². The number of nitrogens with zero attached hydrogens (tertiary/aromatic N) is 13. The second kappa shape index (κ2) is 22.1. The highest BCUT2D eigenvalue weighted by atomic mass is 16.5. The molecule has 2 aromatic carbocycles. The van der Waals surface area contributed by atoms with Gasteiger partial charge in [-0.1, -0.05) is 6.42 Å². The SMILES string of the molecule is COc1c(NC2CCC(Oc3cc(N4CCOC(N(c5cc(CN6CCCCC6)ncn5)C5CCC(Oc6cc(N7CCOCC7)cc7nccnc67)CC5)C4)cc4nccnc34)CC2)ncnc1N(C)C. The molecule has 0 radical (unpaired) electrons. The van der Waals surface area contributed by atoms with Crippen molar-refractivity contribution in [2.45, 2.75) is 108 Å². The smallest absolute Gasteiger partial charge is 0.204 e. The molecule has 4 aromatic heterocycles. The van der Waals surface area contributed by atoms with Crippen LogP contribution in [0.5, 0.6) is 17.2 Å². The van der Waals surface area contributed by atoms with Gasteiger partial charge >= 0.3 is 0 Å². The first kappa shape index (κ1) is 47.9. The molecule has 2 aliphatic carbocycles. The molecule has 72 heavy (non-hydrogen) atoms. The summed E-state index contributed by atoms with van der Waals surface area (Å²) in [7, 11) is 5.57. The van der Waals surface area contributed by atoms with Crippen LogP contribution in [0, 0.1) is 0 Å². The van der Waals surface area contributed by atoms with Gasteiger partial charge in [-0.3, -0.25) is 14.9 Å². The van der Waals surface area contributed by atoms with E-state index < -0.39 is 0 Å². The van der Waals surface area contributed by atoms with E-state index in [1.165, 1.54) is 19.3 Å².